The second-order valence-electron chi connectivity index (χ2n) is 5.98. The van der Waals surface area contributed by atoms with Crippen molar-refractivity contribution in [3.05, 3.63) is 70.5 Å². The summed E-state index contributed by atoms with van der Waals surface area (Å²) in [4.78, 5) is 25.2. The largest absolute Gasteiger partial charge is 0.478 e. The van der Waals surface area contributed by atoms with E-state index in [2.05, 4.69) is 0 Å². The van der Waals surface area contributed by atoms with Crippen LogP contribution in [0.4, 0.5) is 4.39 Å². The first-order valence-electron chi connectivity index (χ1n) is 7.90. The molecule has 0 saturated carbocycles. The molecule has 0 unspecified atom stereocenters. The summed E-state index contributed by atoms with van der Waals surface area (Å²) in [5, 5.41) is 9.08. The fourth-order valence-electron chi connectivity index (χ4n) is 2.96. The van der Waals surface area contributed by atoms with Crippen LogP contribution in [0.3, 0.4) is 0 Å². The van der Waals surface area contributed by atoms with Crippen molar-refractivity contribution >= 4 is 11.9 Å². The lowest BCUT2D eigenvalue weighted by Gasteiger charge is -2.29. The highest BCUT2D eigenvalue weighted by Gasteiger charge is 2.21. The third kappa shape index (κ3) is 3.62. The molecule has 0 spiro atoms. The van der Waals surface area contributed by atoms with Crippen LogP contribution in [0.1, 0.15) is 33.5 Å². The van der Waals surface area contributed by atoms with Crippen molar-refractivity contribution in [2.75, 3.05) is 6.54 Å². The minimum absolute atomic E-state index is 0.0331. The van der Waals surface area contributed by atoms with Crippen LogP contribution in [0.2, 0.25) is 0 Å². The zero-order valence-corrected chi connectivity index (χ0v) is 13.2. The van der Waals surface area contributed by atoms with Crippen LogP contribution in [0.5, 0.6) is 0 Å². The number of carboxylic acids is 1. The molecule has 0 aliphatic carbocycles. The maximum absolute atomic E-state index is 12.9. The lowest BCUT2D eigenvalue weighted by molar-refractivity contribution is -0.132. The van der Waals surface area contributed by atoms with E-state index in [1.54, 1.807) is 29.2 Å². The van der Waals surface area contributed by atoms with Crippen molar-refractivity contribution in [3.8, 4) is 0 Å². The molecule has 124 valence electrons. The van der Waals surface area contributed by atoms with Crippen molar-refractivity contribution in [1.29, 1.82) is 0 Å². The number of carboxylic acid groups (broad SMARTS) is 1. The maximum Gasteiger partial charge on any atom is 0.335 e. The van der Waals surface area contributed by atoms with Crippen molar-refractivity contribution in [2.24, 2.45) is 0 Å². The Morgan fingerprint density at radius 1 is 1.08 bits per heavy atom. The average Bonchev–Trinajstić information content (AvgIpc) is 2.60. The number of carbonyl (C=O) groups excluding carboxylic acids is 1. The van der Waals surface area contributed by atoms with Gasteiger partial charge in [-0.25, -0.2) is 9.18 Å². The molecule has 0 atom stereocenters. The molecule has 1 aliphatic rings. The Labute approximate surface area is 139 Å². The molecule has 0 saturated heterocycles. The van der Waals surface area contributed by atoms with Crippen LogP contribution in [0.15, 0.2) is 42.5 Å². The van der Waals surface area contributed by atoms with E-state index in [1.807, 2.05) is 6.07 Å². The molecule has 1 amide bonds. The minimum Gasteiger partial charge on any atom is -0.478 e. The summed E-state index contributed by atoms with van der Waals surface area (Å²) in [6.07, 6.45) is 1.66. The molecule has 2 aromatic carbocycles. The van der Waals surface area contributed by atoms with Crippen LogP contribution in [-0.2, 0) is 24.2 Å². The fraction of sp³-hybridized carbons (Fsp3) is 0.263. The number of rotatable bonds is 4. The van der Waals surface area contributed by atoms with E-state index in [0.29, 0.717) is 25.9 Å². The first-order valence-corrected chi connectivity index (χ1v) is 7.90. The summed E-state index contributed by atoms with van der Waals surface area (Å²) in [5.74, 6) is -1.21. The van der Waals surface area contributed by atoms with Crippen molar-refractivity contribution in [3.63, 3.8) is 0 Å². The van der Waals surface area contributed by atoms with Gasteiger partial charge in [0.15, 0.2) is 0 Å². The third-order valence-electron chi connectivity index (χ3n) is 4.36. The number of fused-ring (bicyclic) bond motifs is 1. The van der Waals surface area contributed by atoms with E-state index < -0.39 is 5.97 Å². The second-order valence-corrected chi connectivity index (χ2v) is 5.98. The SMILES string of the molecule is O=C(O)c1ccc2c(c1)CN(C(=O)CCc1ccc(F)cc1)CC2. The van der Waals surface area contributed by atoms with E-state index in [-0.39, 0.29) is 17.3 Å². The van der Waals surface area contributed by atoms with Gasteiger partial charge in [0.1, 0.15) is 5.82 Å². The number of amides is 1. The van der Waals surface area contributed by atoms with Gasteiger partial charge >= 0.3 is 5.97 Å². The molecule has 0 aromatic heterocycles. The fourth-order valence-corrected chi connectivity index (χ4v) is 2.96. The number of carbonyl (C=O) groups is 2. The van der Waals surface area contributed by atoms with Gasteiger partial charge in [0, 0.05) is 19.5 Å². The van der Waals surface area contributed by atoms with Crippen molar-refractivity contribution in [2.45, 2.75) is 25.8 Å². The van der Waals surface area contributed by atoms with E-state index in [1.165, 1.54) is 12.1 Å². The Hall–Kier alpha value is -2.69. The quantitative estimate of drug-likeness (QED) is 0.939. The van der Waals surface area contributed by atoms with Gasteiger partial charge in [-0.1, -0.05) is 18.2 Å². The highest BCUT2D eigenvalue weighted by atomic mass is 19.1. The molecule has 5 heteroatoms. The third-order valence-corrected chi connectivity index (χ3v) is 4.36. The number of hydrogen-bond acceptors (Lipinski definition) is 2. The molecule has 0 bridgehead atoms. The minimum atomic E-state index is -0.961. The van der Waals surface area contributed by atoms with Crippen LogP contribution in [-0.4, -0.2) is 28.4 Å². The normalized spacial score (nSPS) is 13.5. The van der Waals surface area contributed by atoms with Crippen LogP contribution in [0.25, 0.3) is 0 Å². The van der Waals surface area contributed by atoms with Gasteiger partial charge in [-0.3, -0.25) is 4.79 Å². The van der Waals surface area contributed by atoms with E-state index in [4.69, 9.17) is 5.11 Å². The van der Waals surface area contributed by atoms with Crippen molar-refractivity contribution in [1.82, 2.24) is 4.90 Å². The highest BCUT2D eigenvalue weighted by molar-refractivity contribution is 5.88. The van der Waals surface area contributed by atoms with E-state index in [9.17, 15) is 14.0 Å². The monoisotopic (exact) mass is 327 g/mol. The molecule has 24 heavy (non-hydrogen) atoms. The van der Waals surface area contributed by atoms with Gasteiger partial charge < -0.3 is 10.0 Å². The Morgan fingerprint density at radius 3 is 2.54 bits per heavy atom. The smallest absolute Gasteiger partial charge is 0.335 e. The topological polar surface area (TPSA) is 57.6 Å². The van der Waals surface area contributed by atoms with Crippen LogP contribution in [0, 0.1) is 5.82 Å². The summed E-state index contributed by atoms with van der Waals surface area (Å²) < 4.78 is 12.9. The number of halogens is 1. The molecule has 4 nitrogen and oxygen atoms in total. The number of hydrogen-bond donors (Lipinski definition) is 1. The predicted octanol–water partition coefficient (Wildman–Crippen LogP) is 3.04. The first-order chi connectivity index (χ1) is 11.5. The molecule has 2 aromatic rings. The van der Waals surface area contributed by atoms with Gasteiger partial charge in [0.25, 0.3) is 0 Å². The molecule has 0 fully saturated rings. The standard InChI is InChI=1S/C19H18FNO3/c20-17-6-1-13(2-7-17)3-8-18(22)21-10-9-14-4-5-15(19(23)24)11-16(14)12-21/h1-2,4-7,11H,3,8-10,12H2,(H,23,24). The summed E-state index contributed by atoms with van der Waals surface area (Å²) >= 11 is 0. The summed E-state index contributed by atoms with van der Waals surface area (Å²) in [5.41, 5.74) is 3.17. The zero-order chi connectivity index (χ0) is 17.1. The Bertz CT molecular complexity index is 771. The summed E-state index contributed by atoms with van der Waals surface area (Å²) in [7, 11) is 0. The van der Waals surface area contributed by atoms with E-state index >= 15 is 0 Å². The molecule has 1 N–H and O–H groups in total. The lowest BCUT2D eigenvalue weighted by atomic mass is 9.97. The average molecular weight is 327 g/mol. The second kappa shape index (κ2) is 6.83. The Balaban J connectivity index is 1.63. The van der Waals surface area contributed by atoms with Gasteiger partial charge in [-0.15, -0.1) is 0 Å². The maximum atomic E-state index is 12.9. The number of nitrogens with zero attached hydrogens (tertiary/aromatic N) is 1. The predicted molar refractivity (Wildman–Crippen MR) is 87.2 cm³/mol. The van der Waals surface area contributed by atoms with Gasteiger partial charge in [-0.05, 0) is 53.8 Å². The molecular formula is C19H18FNO3. The molecule has 1 heterocycles. The first kappa shape index (κ1) is 16.2. The van der Waals surface area contributed by atoms with Gasteiger partial charge in [0.2, 0.25) is 5.91 Å². The molecular weight excluding hydrogens is 309 g/mol. The van der Waals surface area contributed by atoms with Gasteiger partial charge in [0.05, 0.1) is 5.56 Å². The van der Waals surface area contributed by atoms with Crippen molar-refractivity contribution < 1.29 is 19.1 Å². The van der Waals surface area contributed by atoms with Crippen LogP contribution >= 0.6 is 0 Å². The van der Waals surface area contributed by atoms with Crippen LogP contribution < -0.4 is 0 Å². The number of aryl methyl sites for hydroxylation is 1. The zero-order valence-electron chi connectivity index (χ0n) is 13.2. The molecule has 1 aliphatic heterocycles. The summed E-state index contributed by atoms with van der Waals surface area (Å²) in [6.45, 7) is 1.08. The lowest BCUT2D eigenvalue weighted by Crippen LogP contribution is -2.36. The Morgan fingerprint density at radius 2 is 1.83 bits per heavy atom. The molecule has 3 rings (SSSR count). The molecule has 0 radical (unpaired) electrons. The Kier molecular flexibility index (Phi) is 4.60. The summed E-state index contributed by atoms with van der Waals surface area (Å²) in [6, 6.07) is 11.2. The number of benzene rings is 2. The number of aromatic carboxylic acids is 1. The van der Waals surface area contributed by atoms with Gasteiger partial charge in [-0.2, -0.15) is 0 Å². The van der Waals surface area contributed by atoms with E-state index in [0.717, 1.165) is 23.1 Å². The highest BCUT2D eigenvalue weighted by Crippen LogP contribution is 2.21.